The highest BCUT2D eigenvalue weighted by Gasteiger charge is 2.12. The van der Waals surface area contributed by atoms with Crippen LogP contribution in [-0.2, 0) is 14.8 Å². The second-order valence-electron chi connectivity index (χ2n) is 3.17. The van der Waals surface area contributed by atoms with Crippen LogP contribution in [0.3, 0.4) is 0 Å². The molecule has 82 valence electrons. The molecule has 1 aromatic rings. The fourth-order valence-corrected chi connectivity index (χ4v) is 2.27. The van der Waals surface area contributed by atoms with E-state index in [2.05, 4.69) is 4.72 Å². The molecule has 5 heteroatoms. The molecule has 1 N–H and O–H groups in total. The number of rotatable bonds is 5. The maximum atomic E-state index is 11.6. The number of aryl methyl sites for hydroxylation is 1. The Bertz CT molecular complexity index is 440. The Morgan fingerprint density at radius 1 is 1.40 bits per heavy atom. The fourth-order valence-electron chi connectivity index (χ4n) is 1.12. The Kier molecular flexibility index (Phi) is 3.99. The molecule has 1 aromatic carbocycles. The molecule has 1 rings (SSSR count). The van der Waals surface area contributed by atoms with Crippen molar-refractivity contribution in [2.24, 2.45) is 0 Å². The van der Waals surface area contributed by atoms with Gasteiger partial charge in [-0.25, -0.2) is 13.1 Å². The first-order valence-electron chi connectivity index (χ1n) is 4.56. The van der Waals surface area contributed by atoms with Gasteiger partial charge in [-0.1, -0.05) is 12.1 Å². The van der Waals surface area contributed by atoms with E-state index >= 15 is 0 Å². The van der Waals surface area contributed by atoms with Gasteiger partial charge in [-0.05, 0) is 24.6 Å². The normalized spacial score (nSPS) is 11.3. The summed E-state index contributed by atoms with van der Waals surface area (Å²) in [5.41, 5.74) is 0.883. The van der Waals surface area contributed by atoms with E-state index in [9.17, 15) is 13.2 Å². The standard InChI is InChI=1S/C10H13NO3S/c1-9-4-2-5-10(8-9)15(13,14)11-6-3-7-12/h2,4-5,7-8,11H,3,6H2,1H3. The van der Waals surface area contributed by atoms with Crippen LogP contribution in [0.1, 0.15) is 12.0 Å². The van der Waals surface area contributed by atoms with Crippen molar-refractivity contribution in [3.63, 3.8) is 0 Å². The van der Waals surface area contributed by atoms with Gasteiger partial charge in [0.15, 0.2) is 0 Å². The maximum absolute atomic E-state index is 11.6. The van der Waals surface area contributed by atoms with Crippen LogP contribution in [0.4, 0.5) is 0 Å². The molecule has 4 nitrogen and oxygen atoms in total. The highest BCUT2D eigenvalue weighted by atomic mass is 32.2. The van der Waals surface area contributed by atoms with Crippen molar-refractivity contribution in [1.82, 2.24) is 4.72 Å². The van der Waals surface area contributed by atoms with Crippen molar-refractivity contribution >= 4 is 16.3 Å². The topological polar surface area (TPSA) is 63.2 Å². The summed E-state index contributed by atoms with van der Waals surface area (Å²) in [6.45, 7) is 1.96. The lowest BCUT2D eigenvalue weighted by molar-refractivity contribution is -0.107. The summed E-state index contributed by atoms with van der Waals surface area (Å²) < 4.78 is 25.6. The van der Waals surface area contributed by atoms with Crippen LogP contribution < -0.4 is 4.72 Å². The Hall–Kier alpha value is -1.20. The summed E-state index contributed by atoms with van der Waals surface area (Å²) in [4.78, 5) is 10.3. The fraction of sp³-hybridized carbons (Fsp3) is 0.300. The largest absolute Gasteiger partial charge is 0.303 e. The summed E-state index contributed by atoms with van der Waals surface area (Å²) in [5, 5.41) is 0. The van der Waals surface area contributed by atoms with E-state index in [-0.39, 0.29) is 17.9 Å². The summed E-state index contributed by atoms with van der Waals surface area (Å²) in [7, 11) is -3.46. The zero-order valence-corrected chi connectivity index (χ0v) is 9.25. The van der Waals surface area contributed by atoms with Crippen LogP contribution in [0.15, 0.2) is 29.2 Å². The van der Waals surface area contributed by atoms with Gasteiger partial charge in [0.25, 0.3) is 0 Å². The molecule has 0 unspecified atom stereocenters. The number of benzene rings is 1. The van der Waals surface area contributed by atoms with Gasteiger partial charge in [0.1, 0.15) is 6.29 Å². The molecule has 0 saturated carbocycles. The third-order valence-corrected chi connectivity index (χ3v) is 3.31. The van der Waals surface area contributed by atoms with E-state index in [1.807, 2.05) is 13.0 Å². The summed E-state index contributed by atoms with van der Waals surface area (Å²) in [6, 6.07) is 6.62. The summed E-state index contributed by atoms with van der Waals surface area (Å²) in [6.07, 6.45) is 0.865. The van der Waals surface area contributed by atoms with Crippen LogP contribution >= 0.6 is 0 Å². The van der Waals surface area contributed by atoms with E-state index in [4.69, 9.17) is 0 Å². The zero-order valence-electron chi connectivity index (χ0n) is 8.43. The number of nitrogens with one attached hydrogen (secondary N) is 1. The number of hydrogen-bond donors (Lipinski definition) is 1. The lowest BCUT2D eigenvalue weighted by Crippen LogP contribution is -2.25. The predicted octanol–water partition coefficient (Wildman–Crippen LogP) is 0.862. The molecule has 0 amide bonds. The molecule has 0 bridgehead atoms. The molecule has 0 fully saturated rings. The number of carbonyl (C=O) groups excluding carboxylic acids is 1. The quantitative estimate of drug-likeness (QED) is 0.599. The van der Waals surface area contributed by atoms with Crippen molar-refractivity contribution in [1.29, 1.82) is 0 Å². The van der Waals surface area contributed by atoms with Crippen molar-refractivity contribution in [2.45, 2.75) is 18.2 Å². The highest BCUT2D eigenvalue weighted by Crippen LogP contribution is 2.10. The van der Waals surface area contributed by atoms with Gasteiger partial charge < -0.3 is 4.79 Å². The van der Waals surface area contributed by atoms with Crippen LogP contribution in [0.5, 0.6) is 0 Å². The van der Waals surface area contributed by atoms with Gasteiger partial charge in [0, 0.05) is 13.0 Å². The van der Waals surface area contributed by atoms with Gasteiger partial charge in [-0.15, -0.1) is 0 Å². The Morgan fingerprint density at radius 3 is 2.73 bits per heavy atom. The SMILES string of the molecule is Cc1cccc(S(=O)(=O)NCCC=O)c1. The highest BCUT2D eigenvalue weighted by molar-refractivity contribution is 7.89. The molecule has 15 heavy (non-hydrogen) atoms. The zero-order chi connectivity index (χ0) is 11.3. The van der Waals surface area contributed by atoms with Crippen molar-refractivity contribution in [2.75, 3.05) is 6.54 Å². The molecule has 0 heterocycles. The van der Waals surface area contributed by atoms with Crippen molar-refractivity contribution in [3.8, 4) is 0 Å². The monoisotopic (exact) mass is 227 g/mol. The van der Waals surface area contributed by atoms with E-state index in [1.165, 1.54) is 6.07 Å². The third kappa shape index (κ3) is 3.45. The molecular weight excluding hydrogens is 214 g/mol. The van der Waals surface area contributed by atoms with Crippen LogP contribution in [0.25, 0.3) is 0 Å². The third-order valence-electron chi connectivity index (χ3n) is 1.85. The van der Waals surface area contributed by atoms with E-state index in [0.29, 0.717) is 6.29 Å². The molecule has 0 aliphatic rings. The second-order valence-corrected chi connectivity index (χ2v) is 4.94. The number of aldehydes is 1. The molecule has 0 radical (unpaired) electrons. The minimum absolute atomic E-state index is 0.139. The van der Waals surface area contributed by atoms with E-state index in [1.54, 1.807) is 12.1 Å². The molecule has 0 aromatic heterocycles. The van der Waals surface area contributed by atoms with Crippen LogP contribution in [-0.4, -0.2) is 21.2 Å². The molecule has 0 spiro atoms. The van der Waals surface area contributed by atoms with Gasteiger partial charge in [-0.3, -0.25) is 0 Å². The smallest absolute Gasteiger partial charge is 0.240 e. The molecule has 0 aliphatic heterocycles. The Morgan fingerprint density at radius 2 is 2.13 bits per heavy atom. The first-order chi connectivity index (χ1) is 7.06. The summed E-state index contributed by atoms with van der Waals surface area (Å²) >= 11 is 0. The van der Waals surface area contributed by atoms with Gasteiger partial charge in [0.05, 0.1) is 4.90 Å². The van der Waals surface area contributed by atoms with E-state index < -0.39 is 10.0 Å². The lowest BCUT2D eigenvalue weighted by Gasteiger charge is -2.05. The maximum Gasteiger partial charge on any atom is 0.240 e. The van der Waals surface area contributed by atoms with Crippen molar-refractivity contribution < 1.29 is 13.2 Å². The van der Waals surface area contributed by atoms with Crippen molar-refractivity contribution in [3.05, 3.63) is 29.8 Å². The number of sulfonamides is 1. The Balaban J connectivity index is 2.82. The van der Waals surface area contributed by atoms with Crippen LogP contribution in [0, 0.1) is 6.92 Å². The molecule has 0 saturated heterocycles. The number of carbonyl (C=O) groups is 1. The second kappa shape index (κ2) is 5.04. The average Bonchev–Trinajstić information content (AvgIpc) is 2.18. The first-order valence-corrected chi connectivity index (χ1v) is 6.04. The minimum atomic E-state index is -3.46. The van der Waals surface area contributed by atoms with E-state index in [0.717, 1.165) is 5.56 Å². The molecule has 0 aliphatic carbocycles. The lowest BCUT2D eigenvalue weighted by atomic mass is 10.2. The molecular formula is C10H13NO3S. The average molecular weight is 227 g/mol. The Labute approximate surface area is 89.4 Å². The minimum Gasteiger partial charge on any atom is -0.303 e. The first kappa shape index (κ1) is 11.9. The van der Waals surface area contributed by atoms with Gasteiger partial charge in [-0.2, -0.15) is 0 Å². The van der Waals surface area contributed by atoms with Gasteiger partial charge >= 0.3 is 0 Å². The molecule has 0 atom stereocenters. The summed E-state index contributed by atoms with van der Waals surface area (Å²) in [5.74, 6) is 0. The predicted molar refractivity (Wildman–Crippen MR) is 57.0 cm³/mol. The number of hydrogen-bond acceptors (Lipinski definition) is 3. The van der Waals surface area contributed by atoms with Gasteiger partial charge in [0.2, 0.25) is 10.0 Å². The van der Waals surface area contributed by atoms with Crippen LogP contribution in [0.2, 0.25) is 0 Å².